The van der Waals surface area contributed by atoms with Crippen molar-refractivity contribution in [1.82, 2.24) is 10.3 Å². The number of pyridine rings is 1. The van der Waals surface area contributed by atoms with Crippen molar-refractivity contribution >= 4 is 23.2 Å². The zero-order valence-electron chi connectivity index (χ0n) is 9.09. The Kier molecular flexibility index (Phi) is 3.41. The summed E-state index contributed by atoms with van der Waals surface area (Å²) >= 11 is 5.73. The molecule has 1 heterocycles. The molecule has 1 aromatic heterocycles. The molecule has 1 saturated carbocycles. The molecule has 0 atom stereocenters. The number of rotatable bonds is 4. The van der Waals surface area contributed by atoms with Crippen molar-refractivity contribution < 1.29 is 4.79 Å². The molecule has 1 amide bonds. The maximum atomic E-state index is 11.5. The molecule has 1 aliphatic rings. The van der Waals surface area contributed by atoms with E-state index in [0.717, 1.165) is 5.69 Å². The zero-order valence-corrected chi connectivity index (χ0v) is 9.84. The molecule has 2 N–H and O–H groups in total. The van der Waals surface area contributed by atoms with Gasteiger partial charge in [-0.1, -0.05) is 11.6 Å². The standard InChI is InChI=1S/C11H14ClN3O/c1-7-9(4-5-10(12)14-7)15-11(16)6-13-8-2-3-8/h4-5,8,13H,2-3,6H2,1H3,(H,15,16). The smallest absolute Gasteiger partial charge is 0.238 e. The zero-order chi connectivity index (χ0) is 11.5. The average molecular weight is 240 g/mol. The Hall–Kier alpha value is -1.13. The molecule has 86 valence electrons. The SMILES string of the molecule is Cc1nc(Cl)ccc1NC(=O)CNC1CC1. The number of halogens is 1. The summed E-state index contributed by atoms with van der Waals surface area (Å²) < 4.78 is 0. The predicted octanol–water partition coefficient (Wildman–Crippen LogP) is 1.73. The molecule has 1 aromatic rings. The van der Waals surface area contributed by atoms with E-state index in [4.69, 9.17) is 11.6 Å². The van der Waals surface area contributed by atoms with E-state index in [1.54, 1.807) is 12.1 Å². The summed E-state index contributed by atoms with van der Waals surface area (Å²) in [7, 11) is 0. The number of nitrogens with zero attached hydrogens (tertiary/aromatic N) is 1. The van der Waals surface area contributed by atoms with Gasteiger partial charge in [0, 0.05) is 6.04 Å². The van der Waals surface area contributed by atoms with E-state index < -0.39 is 0 Å². The van der Waals surface area contributed by atoms with E-state index in [1.165, 1.54) is 12.8 Å². The van der Waals surface area contributed by atoms with E-state index in [2.05, 4.69) is 15.6 Å². The van der Waals surface area contributed by atoms with Crippen LogP contribution in [-0.4, -0.2) is 23.5 Å². The highest BCUT2D eigenvalue weighted by molar-refractivity contribution is 6.29. The molecule has 0 bridgehead atoms. The van der Waals surface area contributed by atoms with Crippen LogP contribution < -0.4 is 10.6 Å². The molecule has 16 heavy (non-hydrogen) atoms. The predicted molar refractivity (Wildman–Crippen MR) is 63.6 cm³/mol. The highest BCUT2D eigenvalue weighted by atomic mass is 35.5. The fourth-order valence-corrected chi connectivity index (χ4v) is 1.57. The van der Waals surface area contributed by atoms with Gasteiger partial charge in [-0.3, -0.25) is 4.79 Å². The summed E-state index contributed by atoms with van der Waals surface area (Å²) in [6, 6.07) is 3.97. The first kappa shape index (κ1) is 11.4. The van der Waals surface area contributed by atoms with Gasteiger partial charge in [-0.05, 0) is 31.9 Å². The van der Waals surface area contributed by atoms with Gasteiger partial charge in [-0.25, -0.2) is 4.98 Å². The summed E-state index contributed by atoms with van der Waals surface area (Å²) in [6.45, 7) is 2.17. The quantitative estimate of drug-likeness (QED) is 0.787. The van der Waals surface area contributed by atoms with Crippen molar-refractivity contribution in [2.45, 2.75) is 25.8 Å². The van der Waals surface area contributed by atoms with Gasteiger partial charge in [0.05, 0.1) is 17.9 Å². The van der Waals surface area contributed by atoms with Gasteiger partial charge in [0.15, 0.2) is 0 Å². The van der Waals surface area contributed by atoms with Crippen LogP contribution in [0.3, 0.4) is 0 Å². The minimum atomic E-state index is -0.0425. The minimum Gasteiger partial charge on any atom is -0.323 e. The monoisotopic (exact) mass is 239 g/mol. The summed E-state index contributed by atoms with van der Waals surface area (Å²) in [4.78, 5) is 15.6. The fourth-order valence-electron chi connectivity index (χ4n) is 1.38. The first-order chi connectivity index (χ1) is 7.65. The van der Waals surface area contributed by atoms with Crippen LogP contribution in [0.5, 0.6) is 0 Å². The number of nitrogens with one attached hydrogen (secondary N) is 2. The molecule has 0 radical (unpaired) electrons. The molecule has 5 heteroatoms. The number of hydrogen-bond donors (Lipinski definition) is 2. The van der Waals surface area contributed by atoms with E-state index in [0.29, 0.717) is 23.4 Å². The Morgan fingerprint density at radius 2 is 2.31 bits per heavy atom. The highest BCUT2D eigenvalue weighted by Gasteiger charge is 2.21. The van der Waals surface area contributed by atoms with Crippen LogP contribution >= 0.6 is 11.6 Å². The average Bonchev–Trinajstić information content (AvgIpc) is 3.03. The molecule has 1 fully saturated rings. The van der Waals surface area contributed by atoms with Gasteiger partial charge in [0.1, 0.15) is 5.15 Å². The highest BCUT2D eigenvalue weighted by Crippen LogP contribution is 2.18. The van der Waals surface area contributed by atoms with Gasteiger partial charge in [-0.15, -0.1) is 0 Å². The Labute approximate surface area is 99.4 Å². The molecule has 2 rings (SSSR count). The van der Waals surface area contributed by atoms with E-state index in [1.807, 2.05) is 6.92 Å². The van der Waals surface area contributed by atoms with Crippen LogP contribution in [-0.2, 0) is 4.79 Å². The second kappa shape index (κ2) is 4.80. The lowest BCUT2D eigenvalue weighted by Crippen LogP contribution is -2.29. The third kappa shape index (κ3) is 3.18. The Balaban J connectivity index is 1.89. The number of aromatic nitrogens is 1. The molecule has 0 unspecified atom stereocenters. The van der Waals surface area contributed by atoms with E-state index in [9.17, 15) is 4.79 Å². The lowest BCUT2D eigenvalue weighted by Gasteiger charge is -2.08. The summed E-state index contributed by atoms with van der Waals surface area (Å²) in [6.07, 6.45) is 2.35. The maximum Gasteiger partial charge on any atom is 0.238 e. The molecule has 0 aliphatic heterocycles. The van der Waals surface area contributed by atoms with Crippen molar-refractivity contribution in [1.29, 1.82) is 0 Å². The minimum absolute atomic E-state index is 0.0425. The Bertz CT molecular complexity index is 404. The van der Waals surface area contributed by atoms with Crippen LogP contribution in [0.15, 0.2) is 12.1 Å². The molecule has 0 saturated heterocycles. The van der Waals surface area contributed by atoms with Crippen LogP contribution in [0.1, 0.15) is 18.5 Å². The normalized spacial score (nSPS) is 14.9. The third-order valence-corrected chi connectivity index (χ3v) is 2.67. The van der Waals surface area contributed by atoms with Crippen LogP contribution in [0.25, 0.3) is 0 Å². The maximum absolute atomic E-state index is 11.5. The number of anilines is 1. The van der Waals surface area contributed by atoms with Crippen molar-refractivity contribution in [2.24, 2.45) is 0 Å². The summed E-state index contributed by atoms with van der Waals surface area (Å²) in [5.41, 5.74) is 1.44. The van der Waals surface area contributed by atoms with Crippen LogP contribution in [0.2, 0.25) is 5.15 Å². The van der Waals surface area contributed by atoms with Crippen molar-refractivity contribution in [3.63, 3.8) is 0 Å². The van der Waals surface area contributed by atoms with Crippen molar-refractivity contribution in [3.05, 3.63) is 23.0 Å². The Morgan fingerprint density at radius 3 is 2.94 bits per heavy atom. The molecule has 0 aromatic carbocycles. The van der Waals surface area contributed by atoms with Gasteiger partial charge >= 0.3 is 0 Å². The van der Waals surface area contributed by atoms with E-state index in [-0.39, 0.29) is 5.91 Å². The summed E-state index contributed by atoms with van der Waals surface area (Å²) in [5.74, 6) is -0.0425. The number of aryl methyl sites for hydroxylation is 1. The van der Waals surface area contributed by atoms with Crippen molar-refractivity contribution in [3.8, 4) is 0 Å². The topological polar surface area (TPSA) is 54.0 Å². The lowest BCUT2D eigenvalue weighted by molar-refractivity contribution is -0.115. The second-order valence-electron chi connectivity index (χ2n) is 3.97. The largest absolute Gasteiger partial charge is 0.323 e. The van der Waals surface area contributed by atoms with Gasteiger partial charge < -0.3 is 10.6 Å². The molecule has 1 aliphatic carbocycles. The molecular weight excluding hydrogens is 226 g/mol. The number of carbonyl (C=O) groups excluding carboxylic acids is 1. The molecule has 0 spiro atoms. The number of carbonyl (C=O) groups is 1. The van der Waals surface area contributed by atoms with Crippen LogP contribution in [0.4, 0.5) is 5.69 Å². The Morgan fingerprint density at radius 1 is 1.56 bits per heavy atom. The van der Waals surface area contributed by atoms with Gasteiger partial charge in [0.25, 0.3) is 0 Å². The number of hydrogen-bond acceptors (Lipinski definition) is 3. The van der Waals surface area contributed by atoms with Gasteiger partial charge in [0.2, 0.25) is 5.91 Å². The van der Waals surface area contributed by atoms with E-state index >= 15 is 0 Å². The molecular formula is C11H14ClN3O. The van der Waals surface area contributed by atoms with Crippen LogP contribution in [0, 0.1) is 6.92 Å². The molecule has 4 nitrogen and oxygen atoms in total. The fraction of sp³-hybridized carbons (Fsp3) is 0.455. The second-order valence-corrected chi connectivity index (χ2v) is 4.36. The first-order valence-electron chi connectivity index (χ1n) is 5.31. The number of amides is 1. The van der Waals surface area contributed by atoms with Gasteiger partial charge in [-0.2, -0.15) is 0 Å². The summed E-state index contributed by atoms with van der Waals surface area (Å²) in [5, 5.41) is 6.38. The third-order valence-electron chi connectivity index (χ3n) is 2.45. The lowest BCUT2D eigenvalue weighted by atomic mass is 10.3. The van der Waals surface area contributed by atoms with Crippen molar-refractivity contribution in [2.75, 3.05) is 11.9 Å². The first-order valence-corrected chi connectivity index (χ1v) is 5.69.